The molecule has 1 N–H and O–H groups in total. The van der Waals surface area contributed by atoms with Gasteiger partial charge in [-0.05, 0) is 12.1 Å². The Morgan fingerprint density at radius 2 is 1.97 bits per heavy atom. The molecule has 4 rings (SSSR count). The summed E-state index contributed by atoms with van der Waals surface area (Å²) in [5.74, 6) is -3.99. The zero-order valence-corrected chi connectivity index (χ0v) is 16.4. The summed E-state index contributed by atoms with van der Waals surface area (Å²) < 4.78 is 43.2. The summed E-state index contributed by atoms with van der Waals surface area (Å²) in [5, 5.41) is 11.4. The van der Waals surface area contributed by atoms with Gasteiger partial charge in [0.2, 0.25) is 0 Å². The number of phenols is 1. The van der Waals surface area contributed by atoms with Gasteiger partial charge in [0.15, 0.2) is 5.75 Å². The predicted molar refractivity (Wildman–Crippen MR) is 105 cm³/mol. The molecular weight excluding hydrogens is 403 g/mol. The smallest absolute Gasteiger partial charge is 0.258 e. The highest BCUT2D eigenvalue weighted by molar-refractivity contribution is 7.99. The summed E-state index contributed by atoms with van der Waals surface area (Å²) in [6, 6.07) is 4.67. The van der Waals surface area contributed by atoms with Crippen LogP contribution in [0.4, 0.5) is 18.9 Å². The molecule has 0 fully saturated rings. The maximum absolute atomic E-state index is 14.1. The summed E-state index contributed by atoms with van der Waals surface area (Å²) in [6.07, 6.45) is 3.37. The molecule has 1 aromatic heterocycles. The Bertz CT molecular complexity index is 1130. The van der Waals surface area contributed by atoms with Gasteiger partial charge >= 0.3 is 0 Å². The van der Waals surface area contributed by atoms with E-state index >= 15 is 0 Å². The maximum atomic E-state index is 14.1. The van der Waals surface area contributed by atoms with Crippen molar-refractivity contribution >= 4 is 34.4 Å². The number of fused-ring (bicyclic) bond motifs is 2. The van der Waals surface area contributed by atoms with Crippen LogP contribution in [0.1, 0.15) is 21.5 Å². The monoisotopic (exact) mass is 419 g/mol. The molecule has 0 aliphatic carbocycles. The average molecular weight is 419 g/mol. The van der Waals surface area contributed by atoms with Crippen LogP contribution < -0.4 is 4.31 Å². The van der Waals surface area contributed by atoms with Crippen molar-refractivity contribution in [2.75, 3.05) is 17.6 Å². The third-order valence-corrected chi connectivity index (χ3v) is 5.74. The number of aromatic nitrogens is 1. The Morgan fingerprint density at radius 3 is 2.62 bits per heavy atom. The number of nitrogens with zero attached hydrogens (tertiary/aromatic N) is 3. The molecule has 1 amide bonds. The zero-order chi connectivity index (χ0) is 20.9. The van der Waals surface area contributed by atoms with Gasteiger partial charge in [0.25, 0.3) is 5.91 Å². The molecule has 0 bridgehead atoms. The normalized spacial score (nSPS) is 13.3. The van der Waals surface area contributed by atoms with Gasteiger partial charge in [-0.2, -0.15) is 0 Å². The molecule has 29 heavy (non-hydrogen) atoms. The lowest BCUT2D eigenvalue weighted by Gasteiger charge is -2.22. The molecule has 0 spiro atoms. The Hall–Kier alpha value is -2.94. The lowest BCUT2D eigenvalue weighted by atomic mass is 10.0. The van der Waals surface area contributed by atoms with Crippen LogP contribution in [0.5, 0.6) is 5.75 Å². The highest BCUT2D eigenvalue weighted by atomic mass is 32.2. The number of carbonyl (C=O) groups is 1. The quantitative estimate of drug-likeness (QED) is 0.642. The van der Waals surface area contributed by atoms with Gasteiger partial charge in [0, 0.05) is 54.7 Å². The van der Waals surface area contributed by atoms with Crippen LogP contribution in [0.2, 0.25) is 0 Å². The fourth-order valence-electron chi connectivity index (χ4n) is 3.63. The minimum Gasteiger partial charge on any atom is -0.505 e. The molecule has 9 heteroatoms. The number of pyridine rings is 1. The number of hydrogen-bond donors (Lipinski definition) is 1. The molecule has 1 aliphatic heterocycles. The highest BCUT2D eigenvalue weighted by Crippen LogP contribution is 2.45. The van der Waals surface area contributed by atoms with E-state index in [1.165, 1.54) is 23.0 Å². The first-order valence-corrected chi connectivity index (χ1v) is 9.84. The van der Waals surface area contributed by atoms with Crippen LogP contribution in [0.25, 0.3) is 10.9 Å². The maximum Gasteiger partial charge on any atom is 0.258 e. The van der Waals surface area contributed by atoms with E-state index in [9.17, 15) is 23.1 Å². The molecule has 0 atom stereocenters. The summed E-state index contributed by atoms with van der Waals surface area (Å²) in [7, 11) is 1.82. The second kappa shape index (κ2) is 7.14. The van der Waals surface area contributed by atoms with Crippen LogP contribution in [-0.2, 0) is 13.1 Å². The number of carbonyl (C=O) groups excluding carboxylic acids is 1. The average Bonchev–Trinajstić information content (AvgIpc) is 3.01. The van der Waals surface area contributed by atoms with Crippen molar-refractivity contribution in [3.05, 3.63) is 64.6 Å². The topological polar surface area (TPSA) is 56.7 Å². The van der Waals surface area contributed by atoms with E-state index < -0.39 is 35.5 Å². The van der Waals surface area contributed by atoms with E-state index in [-0.39, 0.29) is 23.4 Å². The van der Waals surface area contributed by atoms with Gasteiger partial charge < -0.3 is 14.3 Å². The van der Waals surface area contributed by atoms with Crippen molar-refractivity contribution in [3.8, 4) is 5.75 Å². The lowest BCUT2D eigenvalue weighted by molar-refractivity contribution is 0.0761. The van der Waals surface area contributed by atoms with Crippen molar-refractivity contribution in [3.63, 3.8) is 0 Å². The predicted octanol–water partition coefficient (Wildman–Crippen LogP) is 4.23. The fraction of sp³-hybridized carbons (Fsp3) is 0.200. The van der Waals surface area contributed by atoms with Crippen molar-refractivity contribution in [2.45, 2.75) is 13.1 Å². The number of aromatic hydroxyl groups is 1. The first-order valence-electron chi connectivity index (χ1n) is 8.66. The Balaban J connectivity index is 1.84. The van der Waals surface area contributed by atoms with E-state index in [1.807, 2.05) is 17.6 Å². The van der Waals surface area contributed by atoms with Crippen LogP contribution in [0, 0.1) is 17.5 Å². The molecule has 150 valence electrons. The number of amides is 1. The molecule has 0 radical (unpaired) electrons. The number of anilines is 1. The van der Waals surface area contributed by atoms with Gasteiger partial charge in [0.05, 0.1) is 17.8 Å². The van der Waals surface area contributed by atoms with Gasteiger partial charge in [-0.25, -0.2) is 13.2 Å². The molecule has 5 nitrogen and oxygen atoms in total. The molecule has 0 unspecified atom stereocenters. The third-order valence-electron chi connectivity index (χ3n) is 5.01. The number of rotatable bonds is 4. The highest BCUT2D eigenvalue weighted by Gasteiger charge is 2.36. The standard InChI is InChI=1S/C20H16F3N3O2S/c1-25(29-2)18-11-4-3-5-24-17(11)19(27)16-13(18)9-26(20(16)28)8-12-14(22)6-10(21)7-15(12)23/h3-7,27H,8-9H2,1-2H3. The van der Waals surface area contributed by atoms with Crippen molar-refractivity contribution < 1.29 is 23.1 Å². The molecule has 1 aliphatic rings. The summed E-state index contributed by atoms with van der Waals surface area (Å²) in [6.45, 7) is -0.347. The molecular formula is C20H16F3N3O2S. The molecule has 3 aromatic rings. The second-order valence-corrected chi connectivity index (χ2v) is 7.55. The van der Waals surface area contributed by atoms with Gasteiger partial charge in [-0.3, -0.25) is 9.78 Å². The first kappa shape index (κ1) is 19.4. The summed E-state index contributed by atoms with van der Waals surface area (Å²) in [4.78, 5) is 18.4. The number of hydrogen-bond acceptors (Lipinski definition) is 5. The number of phenolic OH excluding ortho intramolecular Hbond substituents is 1. The number of benzene rings is 2. The van der Waals surface area contributed by atoms with E-state index in [4.69, 9.17) is 0 Å². The van der Waals surface area contributed by atoms with E-state index in [0.29, 0.717) is 28.8 Å². The molecule has 0 saturated heterocycles. The Morgan fingerprint density at radius 1 is 1.28 bits per heavy atom. The Labute approximate surface area is 168 Å². The molecule has 0 saturated carbocycles. The van der Waals surface area contributed by atoms with Gasteiger partial charge in [-0.15, -0.1) is 0 Å². The van der Waals surface area contributed by atoms with Crippen molar-refractivity contribution in [2.24, 2.45) is 0 Å². The first-order chi connectivity index (χ1) is 13.8. The van der Waals surface area contributed by atoms with Crippen LogP contribution >= 0.6 is 11.9 Å². The minimum absolute atomic E-state index is 0.0447. The van der Waals surface area contributed by atoms with E-state index in [0.717, 1.165) is 0 Å². The SMILES string of the molecule is CSN(C)c1c2c(c(O)c3ncccc13)C(=O)N(Cc1c(F)cc(F)cc1F)C2. The van der Waals surface area contributed by atoms with Crippen molar-refractivity contribution in [1.29, 1.82) is 0 Å². The van der Waals surface area contributed by atoms with Crippen LogP contribution in [0.15, 0.2) is 30.5 Å². The fourth-order valence-corrected chi connectivity index (χ4v) is 4.02. The second-order valence-electron chi connectivity index (χ2n) is 6.64. The minimum atomic E-state index is -1.07. The molecule has 2 heterocycles. The van der Waals surface area contributed by atoms with Gasteiger partial charge in [0.1, 0.15) is 23.0 Å². The summed E-state index contributed by atoms with van der Waals surface area (Å²) >= 11 is 1.41. The van der Waals surface area contributed by atoms with E-state index in [2.05, 4.69) is 4.98 Å². The zero-order valence-electron chi connectivity index (χ0n) is 15.5. The van der Waals surface area contributed by atoms with E-state index in [1.54, 1.807) is 12.1 Å². The van der Waals surface area contributed by atoms with Crippen LogP contribution in [0.3, 0.4) is 0 Å². The lowest BCUT2D eigenvalue weighted by Crippen LogP contribution is -2.24. The molecule has 2 aromatic carbocycles. The van der Waals surface area contributed by atoms with Crippen LogP contribution in [-0.4, -0.2) is 34.2 Å². The summed E-state index contributed by atoms with van der Waals surface area (Å²) in [5.41, 5.74) is 1.18. The Kier molecular flexibility index (Phi) is 4.77. The number of halogens is 3. The third kappa shape index (κ3) is 3.05. The largest absolute Gasteiger partial charge is 0.505 e. The van der Waals surface area contributed by atoms with Gasteiger partial charge in [-0.1, -0.05) is 11.9 Å². The van der Waals surface area contributed by atoms with Crippen molar-refractivity contribution in [1.82, 2.24) is 9.88 Å².